The molecule has 0 radical (unpaired) electrons. The van der Waals surface area contributed by atoms with Crippen LogP contribution in [-0.4, -0.2) is 30.5 Å². The van der Waals surface area contributed by atoms with E-state index in [1.165, 1.54) is 6.07 Å². The predicted octanol–water partition coefficient (Wildman–Crippen LogP) is 5.53. The summed E-state index contributed by atoms with van der Waals surface area (Å²) in [6, 6.07) is 7.36. The Hall–Kier alpha value is -3.05. The first-order chi connectivity index (χ1) is 16.5. The van der Waals surface area contributed by atoms with Gasteiger partial charge in [0.2, 0.25) is 0 Å². The summed E-state index contributed by atoms with van der Waals surface area (Å²) >= 11 is 12.1. The van der Waals surface area contributed by atoms with Crippen molar-refractivity contribution in [1.82, 2.24) is 9.97 Å². The summed E-state index contributed by atoms with van der Waals surface area (Å²) in [5.41, 5.74) is 0.887. The SMILES string of the molecule is CNc1cc2nc(C)c(-c3cc(NS(=O)(=O)c4cc(Cl)cc(CO)c4Cl)c(F)cc3F)cc2cn1. The van der Waals surface area contributed by atoms with E-state index in [1.54, 1.807) is 32.3 Å². The van der Waals surface area contributed by atoms with Crippen LogP contribution in [0.3, 0.4) is 0 Å². The van der Waals surface area contributed by atoms with E-state index in [2.05, 4.69) is 20.0 Å². The van der Waals surface area contributed by atoms with Gasteiger partial charge in [-0.2, -0.15) is 0 Å². The van der Waals surface area contributed by atoms with E-state index in [1.807, 2.05) is 0 Å². The lowest BCUT2D eigenvalue weighted by molar-refractivity contribution is 0.281. The Bertz CT molecular complexity index is 1580. The lowest BCUT2D eigenvalue weighted by Crippen LogP contribution is -2.15. The van der Waals surface area contributed by atoms with Crippen molar-refractivity contribution in [3.05, 3.63) is 75.5 Å². The average Bonchev–Trinajstić information content (AvgIpc) is 2.81. The fourth-order valence-electron chi connectivity index (χ4n) is 3.54. The Morgan fingerprint density at radius 3 is 2.46 bits per heavy atom. The fraction of sp³-hybridized carbons (Fsp3) is 0.130. The number of nitrogens with zero attached hydrogens (tertiary/aromatic N) is 2. The largest absolute Gasteiger partial charge is 0.392 e. The first-order valence-corrected chi connectivity index (χ1v) is 12.3. The molecule has 3 N–H and O–H groups in total. The molecule has 0 aliphatic carbocycles. The van der Waals surface area contributed by atoms with Crippen molar-refractivity contribution < 1.29 is 22.3 Å². The molecule has 0 fully saturated rings. The minimum absolute atomic E-state index is 0.00648. The van der Waals surface area contributed by atoms with Crippen molar-refractivity contribution >= 4 is 55.6 Å². The second kappa shape index (κ2) is 9.54. The first kappa shape index (κ1) is 25.1. The number of aliphatic hydroxyl groups excluding tert-OH is 1. The van der Waals surface area contributed by atoms with Gasteiger partial charge < -0.3 is 10.4 Å². The average molecular weight is 539 g/mol. The minimum atomic E-state index is -4.46. The third-order valence-corrected chi connectivity index (χ3v) is 7.44. The number of aryl methyl sites for hydroxylation is 1. The van der Waals surface area contributed by atoms with Gasteiger partial charge in [-0.3, -0.25) is 9.71 Å². The van der Waals surface area contributed by atoms with Gasteiger partial charge in [-0.15, -0.1) is 0 Å². The van der Waals surface area contributed by atoms with Crippen LogP contribution in [0.4, 0.5) is 20.3 Å². The number of rotatable bonds is 6. The molecule has 2 heterocycles. The van der Waals surface area contributed by atoms with Crippen molar-refractivity contribution in [3.63, 3.8) is 0 Å². The number of hydrogen-bond donors (Lipinski definition) is 3. The molecule has 12 heteroatoms. The monoisotopic (exact) mass is 538 g/mol. The van der Waals surface area contributed by atoms with Crippen LogP contribution in [0.25, 0.3) is 22.0 Å². The number of benzene rings is 2. The molecule has 0 aliphatic rings. The van der Waals surface area contributed by atoms with Crippen LogP contribution in [0.1, 0.15) is 11.3 Å². The molecule has 0 saturated carbocycles. The summed E-state index contributed by atoms with van der Waals surface area (Å²) in [5, 5.41) is 12.7. The topological polar surface area (TPSA) is 104 Å². The Morgan fingerprint density at radius 2 is 1.77 bits per heavy atom. The van der Waals surface area contributed by atoms with Crippen molar-refractivity contribution in [2.75, 3.05) is 17.1 Å². The second-order valence-corrected chi connectivity index (χ2v) is 10.1. The van der Waals surface area contributed by atoms with E-state index < -0.39 is 38.8 Å². The molecule has 4 aromatic rings. The van der Waals surface area contributed by atoms with E-state index in [4.69, 9.17) is 23.2 Å². The summed E-state index contributed by atoms with van der Waals surface area (Å²) in [6.07, 6.45) is 1.56. The van der Waals surface area contributed by atoms with Crippen LogP contribution in [0, 0.1) is 18.6 Å². The van der Waals surface area contributed by atoms with Gasteiger partial charge in [0, 0.05) is 52.6 Å². The van der Waals surface area contributed by atoms with E-state index in [0.717, 1.165) is 12.1 Å². The van der Waals surface area contributed by atoms with Gasteiger partial charge in [0.05, 0.1) is 22.8 Å². The van der Waals surface area contributed by atoms with E-state index >= 15 is 0 Å². The fourth-order valence-corrected chi connectivity index (χ4v) is 5.52. The predicted molar refractivity (Wildman–Crippen MR) is 132 cm³/mol. The van der Waals surface area contributed by atoms with Crippen LogP contribution in [0.15, 0.2) is 47.5 Å². The third-order valence-electron chi connectivity index (χ3n) is 5.28. The lowest BCUT2D eigenvalue weighted by atomic mass is 10.0. The highest BCUT2D eigenvalue weighted by molar-refractivity contribution is 7.92. The van der Waals surface area contributed by atoms with Crippen LogP contribution >= 0.6 is 23.2 Å². The molecule has 2 aromatic carbocycles. The quantitative estimate of drug-likeness (QED) is 0.298. The lowest BCUT2D eigenvalue weighted by Gasteiger charge is -2.15. The molecule has 0 spiro atoms. The summed E-state index contributed by atoms with van der Waals surface area (Å²) < 4.78 is 57.6. The molecule has 0 aliphatic heterocycles. The van der Waals surface area contributed by atoms with Crippen LogP contribution in [0.2, 0.25) is 10.0 Å². The molecule has 0 bridgehead atoms. The Morgan fingerprint density at radius 1 is 1.03 bits per heavy atom. The van der Waals surface area contributed by atoms with Gasteiger partial charge >= 0.3 is 0 Å². The molecule has 0 saturated heterocycles. The molecular weight excluding hydrogens is 521 g/mol. The molecule has 0 atom stereocenters. The zero-order valence-electron chi connectivity index (χ0n) is 18.3. The number of hydrogen-bond acceptors (Lipinski definition) is 6. The zero-order valence-corrected chi connectivity index (χ0v) is 20.7. The maximum atomic E-state index is 14.8. The van der Waals surface area contributed by atoms with Gasteiger partial charge in [-0.1, -0.05) is 23.2 Å². The first-order valence-electron chi connectivity index (χ1n) is 10.1. The minimum Gasteiger partial charge on any atom is -0.392 e. The zero-order chi connectivity index (χ0) is 25.5. The van der Waals surface area contributed by atoms with Crippen molar-refractivity contribution in [1.29, 1.82) is 0 Å². The smallest absolute Gasteiger partial charge is 0.263 e. The highest BCUT2D eigenvalue weighted by atomic mass is 35.5. The maximum absolute atomic E-state index is 14.8. The van der Waals surface area contributed by atoms with Gasteiger partial charge in [0.15, 0.2) is 0 Å². The van der Waals surface area contributed by atoms with Crippen molar-refractivity contribution in [2.45, 2.75) is 18.4 Å². The number of fused-ring (bicyclic) bond motifs is 1. The van der Waals surface area contributed by atoms with Crippen molar-refractivity contribution in [2.24, 2.45) is 0 Å². The standard InChI is InChI=1S/C23H18Cl2F2N4O3S/c1-11-15(4-12-9-29-22(28-2)8-19(12)30-11)16-6-20(18(27)7-17(16)26)31-35(33,34)21-5-14(24)3-13(10-32)23(21)25/h3-9,31-32H,10H2,1-2H3,(H,28,29). The van der Waals surface area contributed by atoms with Gasteiger partial charge in [0.1, 0.15) is 22.3 Å². The Kier molecular flexibility index (Phi) is 6.83. The summed E-state index contributed by atoms with van der Waals surface area (Å²) in [4.78, 5) is 8.24. The van der Waals surface area contributed by atoms with Gasteiger partial charge in [-0.25, -0.2) is 22.2 Å². The van der Waals surface area contributed by atoms with Crippen LogP contribution in [0.5, 0.6) is 0 Å². The number of nitrogens with one attached hydrogen (secondary N) is 2. The normalized spacial score (nSPS) is 11.6. The molecule has 182 valence electrons. The summed E-state index contributed by atoms with van der Waals surface area (Å²) in [7, 11) is -2.74. The van der Waals surface area contributed by atoms with Crippen molar-refractivity contribution in [3.8, 4) is 11.1 Å². The molecule has 2 aromatic heterocycles. The van der Waals surface area contributed by atoms with E-state index in [0.29, 0.717) is 34.0 Å². The molecular formula is C23H18Cl2F2N4O3S. The van der Waals surface area contributed by atoms with Crippen LogP contribution < -0.4 is 10.0 Å². The van der Waals surface area contributed by atoms with Gasteiger partial charge in [-0.05, 0) is 36.8 Å². The molecule has 0 unspecified atom stereocenters. The third kappa shape index (κ3) is 4.87. The number of pyridine rings is 2. The van der Waals surface area contributed by atoms with E-state index in [-0.39, 0.29) is 21.2 Å². The number of aromatic nitrogens is 2. The second-order valence-electron chi connectivity index (χ2n) is 7.59. The molecule has 7 nitrogen and oxygen atoms in total. The highest BCUT2D eigenvalue weighted by Crippen LogP contribution is 2.35. The Balaban J connectivity index is 1.81. The molecule has 35 heavy (non-hydrogen) atoms. The molecule has 0 amide bonds. The maximum Gasteiger partial charge on any atom is 0.263 e. The summed E-state index contributed by atoms with van der Waals surface area (Å²) in [6.45, 7) is 1.10. The number of sulfonamides is 1. The highest BCUT2D eigenvalue weighted by Gasteiger charge is 2.24. The number of anilines is 2. The number of aliphatic hydroxyl groups is 1. The Labute approximate surface area is 209 Å². The van der Waals surface area contributed by atoms with Crippen LogP contribution in [-0.2, 0) is 16.6 Å². The van der Waals surface area contributed by atoms with E-state index in [9.17, 15) is 22.3 Å². The van der Waals surface area contributed by atoms with Gasteiger partial charge in [0.25, 0.3) is 10.0 Å². The molecule has 4 rings (SSSR count). The number of halogens is 4. The summed E-state index contributed by atoms with van der Waals surface area (Å²) in [5.74, 6) is -1.44.